The van der Waals surface area contributed by atoms with Gasteiger partial charge >= 0.3 is 0 Å². The minimum atomic E-state index is -0.371. The lowest BCUT2D eigenvalue weighted by atomic mass is 10.1. The number of ether oxygens (including phenoxy) is 2. The number of nitrogens with one attached hydrogen (secondary N) is 2. The molecule has 1 aromatic carbocycles. The minimum absolute atomic E-state index is 0.00857. The molecule has 2 saturated heterocycles. The zero-order chi connectivity index (χ0) is 18.5. The van der Waals surface area contributed by atoms with E-state index >= 15 is 0 Å². The summed E-state index contributed by atoms with van der Waals surface area (Å²) in [7, 11) is 1.84. The first-order valence-electron chi connectivity index (χ1n) is 9.17. The molecule has 7 heteroatoms. The molecule has 0 aromatic heterocycles. The summed E-state index contributed by atoms with van der Waals surface area (Å²) in [5.41, 5.74) is 1.28. The zero-order valence-electron chi connectivity index (χ0n) is 15.4. The van der Waals surface area contributed by atoms with E-state index in [2.05, 4.69) is 10.6 Å². The summed E-state index contributed by atoms with van der Waals surface area (Å²) in [6.45, 7) is 4.55. The summed E-state index contributed by atoms with van der Waals surface area (Å²) in [5, 5.41) is 6.04. The first-order chi connectivity index (χ1) is 12.6. The maximum absolute atomic E-state index is 12.6. The SMILES string of the molecule is C[C@H]1OCCN[C@@H]1C(=O)Nc1ccc(C(=O)N(C)C2CCOCC2)cc1. The number of nitrogens with zero attached hydrogens (tertiary/aromatic N) is 1. The van der Waals surface area contributed by atoms with Gasteiger partial charge in [-0.15, -0.1) is 0 Å². The Kier molecular flexibility index (Phi) is 6.24. The van der Waals surface area contributed by atoms with Crippen molar-refractivity contribution in [2.75, 3.05) is 38.7 Å². The topological polar surface area (TPSA) is 79.9 Å². The normalized spacial score (nSPS) is 24.1. The monoisotopic (exact) mass is 361 g/mol. The van der Waals surface area contributed by atoms with Crippen LogP contribution in [0.25, 0.3) is 0 Å². The number of hydrogen-bond acceptors (Lipinski definition) is 5. The highest BCUT2D eigenvalue weighted by Crippen LogP contribution is 2.18. The van der Waals surface area contributed by atoms with Gasteiger partial charge in [-0.3, -0.25) is 9.59 Å². The number of hydrogen-bond donors (Lipinski definition) is 2. The molecule has 2 heterocycles. The fourth-order valence-corrected chi connectivity index (χ4v) is 3.39. The Balaban J connectivity index is 1.59. The van der Waals surface area contributed by atoms with Crippen molar-refractivity contribution in [3.8, 4) is 0 Å². The van der Waals surface area contributed by atoms with Crippen LogP contribution in [0.15, 0.2) is 24.3 Å². The van der Waals surface area contributed by atoms with Gasteiger partial charge < -0.3 is 25.0 Å². The molecular formula is C19H27N3O4. The van der Waals surface area contributed by atoms with Crippen LogP contribution in [-0.2, 0) is 14.3 Å². The largest absolute Gasteiger partial charge is 0.381 e. The van der Waals surface area contributed by atoms with Crippen molar-refractivity contribution in [2.45, 2.75) is 38.0 Å². The maximum Gasteiger partial charge on any atom is 0.253 e. The lowest BCUT2D eigenvalue weighted by Crippen LogP contribution is -2.53. The molecule has 2 aliphatic rings. The fraction of sp³-hybridized carbons (Fsp3) is 0.579. The number of morpholine rings is 1. The van der Waals surface area contributed by atoms with Crippen LogP contribution in [0.4, 0.5) is 5.69 Å². The zero-order valence-corrected chi connectivity index (χ0v) is 15.4. The Hall–Kier alpha value is -1.96. The third-order valence-electron chi connectivity index (χ3n) is 5.06. The Morgan fingerprint density at radius 3 is 2.50 bits per heavy atom. The molecule has 3 rings (SSSR count). The highest BCUT2D eigenvalue weighted by molar-refractivity contribution is 5.97. The molecule has 0 aliphatic carbocycles. The summed E-state index contributed by atoms with van der Waals surface area (Å²) >= 11 is 0. The Morgan fingerprint density at radius 2 is 1.85 bits per heavy atom. The van der Waals surface area contributed by atoms with Crippen LogP contribution in [0.3, 0.4) is 0 Å². The Labute approximate surface area is 154 Å². The summed E-state index contributed by atoms with van der Waals surface area (Å²) in [6.07, 6.45) is 1.56. The third kappa shape index (κ3) is 4.41. The third-order valence-corrected chi connectivity index (χ3v) is 5.06. The Morgan fingerprint density at radius 1 is 1.15 bits per heavy atom. The van der Waals surface area contributed by atoms with E-state index in [0.717, 1.165) is 12.8 Å². The van der Waals surface area contributed by atoms with Crippen LogP contribution in [-0.4, -0.2) is 68.3 Å². The van der Waals surface area contributed by atoms with Gasteiger partial charge in [0.05, 0.1) is 12.7 Å². The molecule has 1 aromatic rings. The molecule has 2 N–H and O–H groups in total. The summed E-state index contributed by atoms with van der Waals surface area (Å²) in [5.74, 6) is -0.138. The molecule has 2 aliphatic heterocycles. The lowest BCUT2D eigenvalue weighted by molar-refractivity contribution is -0.123. The predicted octanol–water partition coefficient (Wildman–Crippen LogP) is 1.25. The number of carbonyl (C=O) groups is 2. The van der Waals surface area contributed by atoms with E-state index in [4.69, 9.17) is 9.47 Å². The lowest BCUT2D eigenvalue weighted by Gasteiger charge is -2.31. The second-order valence-electron chi connectivity index (χ2n) is 6.83. The smallest absolute Gasteiger partial charge is 0.253 e. The highest BCUT2D eigenvalue weighted by Gasteiger charge is 2.28. The van der Waals surface area contributed by atoms with Gasteiger partial charge in [0.2, 0.25) is 5.91 Å². The van der Waals surface area contributed by atoms with Gasteiger partial charge in [-0.05, 0) is 44.0 Å². The standard InChI is InChI=1S/C19H27N3O4/c1-13-17(20-9-12-26-13)18(23)21-15-5-3-14(4-6-15)19(24)22(2)16-7-10-25-11-8-16/h3-6,13,16-17,20H,7-12H2,1-2H3,(H,21,23)/t13-,17+/m1/s1. The van der Waals surface area contributed by atoms with Crippen molar-refractivity contribution in [1.29, 1.82) is 0 Å². The number of anilines is 1. The number of carbonyl (C=O) groups excluding carboxylic acids is 2. The Bertz CT molecular complexity index is 628. The molecular weight excluding hydrogens is 334 g/mol. The fourth-order valence-electron chi connectivity index (χ4n) is 3.39. The van der Waals surface area contributed by atoms with Gasteiger partial charge in [0.1, 0.15) is 6.04 Å². The molecule has 142 valence electrons. The van der Waals surface area contributed by atoms with Crippen molar-refractivity contribution >= 4 is 17.5 Å². The highest BCUT2D eigenvalue weighted by atomic mass is 16.5. The number of rotatable bonds is 4. The van der Waals surface area contributed by atoms with E-state index in [1.54, 1.807) is 29.2 Å². The molecule has 0 radical (unpaired) electrons. The maximum atomic E-state index is 12.6. The van der Waals surface area contributed by atoms with Crippen LogP contribution in [0.1, 0.15) is 30.1 Å². The van der Waals surface area contributed by atoms with E-state index in [1.807, 2.05) is 14.0 Å². The summed E-state index contributed by atoms with van der Waals surface area (Å²) in [4.78, 5) is 26.8. The van der Waals surface area contributed by atoms with Crippen LogP contribution < -0.4 is 10.6 Å². The second kappa shape index (κ2) is 8.62. The molecule has 0 unspecified atom stereocenters. The van der Waals surface area contributed by atoms with Crippen molar-refractivity contribution in [1.82, 2.24) is 10.2 Å². The van der Waals surface area contributed by atoms with Gasteiger partial charge in [0, 0.05) is 44.1 Å². The molecule has 2 amide bonds. The second-order valence-corrected chi connectivity index (χ2v) is 6.83. The first-order valence-corrected chi connectivity index (χ1v) is 9.17. The predicted molar refractivity (Wildman–Crippen MR) is 98.2 cm³/mol. The minimum Gasteiger partial charge on any atom is -0.381 e. The van der Waals surface area contributed by atoms with Crippen LogP contribution in [0.2, 0.25) is 0 Å². The molecule has 7 nitrogen and oxygen atoms in total. The summed E-state index contributed by atoms with van der Waals surface area (Å²) in [6, 6.07) is 6.87. The van der Waals surface area contributed by atoms with Crippen LogP contribution in [0, 0.1) is 0 Å². The van der Waals surface area contributed by atoms with E-state index in [9.17, 15) is 9.59 Å². The molecule has 26 heavy (non-hydrogen) atoms. The van der Waals surface area contributed by atoms with Gasteiger partial charge in [0.15, 0.2) is 0 Å². The van der Waals surface area contributed by atoms with Crippen molar-refractivity contribution in [3.63, 3.8) is 0 Å². The van der Waals surface area contributed by atoms with Crippen molar-refractivity contribution in [3.05, 3.63) is 29.8 Å². The van der Waals surface area contributed by atoms with E-state index in [-0.39, 0.29) is 30.0 Å². The van der Waals surface area contributed by atoms with Crippen LogP contribution >= 0.6 is 0 Å². The van der Waals surface area contributed by atoms with Gasteiger partial charge in [0.25, 0.3) is 5.91 Å². The molecule has 0 bridgehead atoms. The van der Waals surface area contributed by atoms with Crippen molar-refractivity contribution < 1.29 is 19.1 Å². The number of amides is 2. The van der Waals surface area contributed by atoms with Gasteiger partial charge in [-0.1, -0.05) is 0 Å². The van der Waals surface area contributed by atoms with E-state index in [0.29, 0.717) is 37.6 Å². The van der Waals surface area contributed by atoms with E-state index in [1.165, 1.54) is 0 Å². The van der Waals surface area contributed by atoms with E-state index < -0.39 is 0 Å². The first kappa shape index (κ1) is 18.8. The average molecular weight is 361 g/mol. The summed E-state index contributed by atoms with van der Waals surface area (Å²) < 4.78 is 10.9. The van der Waals surface area contributed by atoms with Gasteiger partial charge in [-0.2, -0.15) is 0 Å². The number of benzene rings is 1. The molecule has 0 saturated carbocycles. The quantitative estimate of drug-likeness (QED) is 0.844. The molecule has 0 spiro atoms. The average Bonchev–Trinajstić information content (AvgIpc) is 2.68. The molecule has 2 fully saturated rings. The van der Waals surface area contributed by atoms with Gasteiger partial charge in [-0.25, -0.2) is 0 Å². The molecule has 2 atom stereocenters. The van der Waals surface area contributed by atoms with Crippen LogP contribution in [0.5, 0.6) is 0 Å². The van der Waals surface area contributed by atoms with Crippen molar-refractivity contribution in [2.24, 2.45) is 0 Å².